The van der Waals surface area contributed by atoms with Crippen LogP contribution in [0.1, 0.15) is 12.2 Å². The monoisotopic (exact) mass is 210 g/mol. The van der Waals surface area contributed by atoms with Crippen LogP contribution in [0.4, 0.5) is 0 Å². The maximum absolute atomic E-state index is 11.6. The van der Waals surface area contributed by atoms with Crippen LogP contribution in [0.3, 0.4) is 0 Å². The minimum absolute atomic E-state index is 0.198. The van der Waals surface area contributed by atoms with Gasteiger partial charge in [-0.1, -0.05) is 5.21 Å². The zero-order valence-corrected chi connectivity index (χ0v) is 8.44. The van der Waals surface area contributed by atoms with Crippen molar-refractivity contribution in [1.29, 1.82) is 0 Å². The first-order valence-corrected chi connectivity index (χ1v) is 5.07. The molecule has 0 radical (unpaired) electrons. The third-order valence-electron chi connectivity index (χ3n) is 2.42. The lowest BCUT2D eigenvalue weighted by molar-refractivity contribution is -0.130. The topological polar surface area (TPSA) is 86.8 Å². The number of H-pyrrole nitrogens is 1. The lowest BCUT2D eigenvalue weighted by atomic mass is 10.3. The Labute approximate surface area is 87.2 Å². The second kappa shape index (κ2) is 4.83. The number of rotatable bonds is 3. The number of hydrogen-bond donors (Lipinski definition) is 2. The van der Waals surface area contributed by atoms with Crippen molar-refractivity contribution < 1.29 is 4.79 Å². The summed E-state index contributed by atoms with van der Waals surface area (Å²) in [5.74, 6) is 0.850. The van der Waals surface area contributed by atoms with Gasteiger partial charge < -0.3 is 10.2 Å². The van der Waals surface area contributed by atoms with E-state index in [0.29, 0.717) is 25.2 Å². The molecule has 1 amide bonds. The van der Waals surface area contributed by atoms with Crippen molar-refractivity contribution in [1.82, 2.24) is 30.8 Å². The molecule has 1 aromatic rings. The molecule has 0 spiro atoms. The second-order valence-electron chi connectivity index (χ2n) is 3.46. The number of aromatic amines is 1. The largest absolute Gasteiger partial charge is 0.341 e. The molecule has 0 atom stereocenters. The summed E-state index contributed by atoms with van der Waals surface area (Å²) in [7, 11) is 0. The fourth-order valence-corrected chi connectivity index (χ4v) is 1.58. The van der Waals surface area contributed by atoms with E-state index in [4.69, 9.17) is 0 Å². The van der Waals surface area contributed by atoms with Crippen molar-refractivity contribution in [3.63, 3.8) is 0 Å². The summed E-state index contributed by atoms with van der Waals surface area (Å²) in [6.07, 6.45) is 1.23. The molecule has 0 saturated carbocycles. The van der Waals surface area contributed by atoms with E-state index in [-0.39, 0.29) is 5.91 Å². The summed E-state index contributed by atoms with van der Waals surface area (Å²) < 4.78 is 0. The van der Waals surface area contributed by atoms with Crippen LogP contribution in [0.5, 0.6) is 0 Å². The quantitative estimate of drug-likeness (QED) is 0.638. The summed E-state index contributed by atoms with van der Waals surface area (Å²) in [4.78, 5) is 13.4. The predicted octanol–water partition coefficient (Wildman–Crippen LogP) is -1.44. The van der Waals surface area contributed by atoms with Crippen molar-refractivity contribution in [2.45, 2.75) is 12.8 Å². The Balaban J connectivity index is 1.84. The first kappa shape index (κ1) is 10.0. The van der Waals surface area contributed by atoms with Gasteiger partial charge in [0.05, 0.1) is 0 Å². The molecule has 1 aliphatic heterocycles. The molecule has 0 aromatic carbocycles. The van der Waals surface area contributed by atoms with Crippen LogP contribution < -0.4 is 5.32 Å². The van der Waals surface area contributed by atoms with Crippen LogP contribution in [0.25, 0.3) is 0 Å². The van der Waals surface area contributed by atoms with E-state index in [0.717, 1.165) is 19.6 Å². The number of tetrazole rings is 1. The van der Waals surface area contributed by atoms with E-state index >= 15 is 0 Å². The summed E-state index contributed by atoms with van der Waals surface area (Å²) >= 11 is 0. The predicted molar refractivity (Wildman–Crippen MR) is 51.9 cm³/mol. The molecule has 2 rings (SSSR count). The Morgan fingerprint density at radius 2 is 2.33 bits per heavy atom. The minimum Gasteiger partial charge on any atom is -0.341 e. The number of carbonyl (C=O) groups is 1. The van der Waals surface area contributed by atoms with E-state index in [1.165, 1.54) is 0 Å². The van der Waals surface area contributed by atoms with Gasteiger partial charge in [-0.3, -0.25) is 4.79 Å². The third-order valence-corrected chi connectivity index (χ3v) is 2.42. The van der Waals surface area contributed by atoms with Crippen molar-refractivity contribution in [3.05, 3.63) is 5.82 Å². The van der Waals surface area contributed by atoms with Crippen molar-refractivity contribution in [2.24, 2.45) is 0 Å². The number of nitrogens with zero attached hydrogens (tertiary/aromatic N) is 4. The Morgan fingerprint density at radius 1 is 1.40 bits per heavy atom. The maximum atomic E-state index is 11.6. The van der Waals surface area contributed by atoms with Gasteiger partial charge in [0, 0.05) is 39.0 Å². The lowest BCUT2D eigenvalue weighted by Crippen LogP contribution is -2.34. The van der Waals surface area contributed by atoms with Gasteiger partial charge in [-0.2, -0.15) is 5.21 Å². The molecule has 0 aliphatic carbocycles. The van der Waals surface area contributed by atoms with E-state index in [1.54, 1.807) is 0 Å². The van der Waals surface area contributed by atoms with E-state index in [2.05, 4.69) is 25.9 Å². The van der Waals surface area contributed by atoms with Gasteiger partial charge in [0.15, 0.2) is 5.82 Å². The lowest BCUT2D eigenvalue weighted by Gasteiger charge is -2.18. The van der Waals surface area contributed by atoms with E-state index in [9.17, 15) is 4.79 Å². The highest BCUT2D eigenvalue weighted by Crippen LogP contribution is 1.99. The molecule has 0 unspecified atom stereocenters. The molecular formula is C8H14N6O. The number of amides is 1. The highest BCUT2D eigenvalue weighted by Gasteiger charge is 2.16. The van der Waals surface area contributed by atoms with E-state index < -0.39 is 0 Å². The second-order valence-corrected chi connectivity index (χ2v) is 3.46. The SMILES string of the molecule is O=C1CCNCCN1CCc1nn[nH]n1. The standard InChI is InChI=1S/C8H14N6O/c15-8-1-3-9-4-6-14(8)5-2-7-10-12-13-11-7/h9H,1-6H2,(H,10,11,12,13). The molecule has 2 heterocycles. The van der Waals surface area contributed by atoms with Gasteiger partial charge in [0.2, 0.25) is 5.91 Å². The van der Waals surface area contributed by atoms with Crippen molar-refractivity contribution in [2.75, 3.05) is 26.2 Å². The fourth-order valence-electron chi connectivity index (χ4n) is 1.58. The summed E-state index contributed by atoms with van der Waals surface area (Å²) in [6.45, 7) is 3.06. The Hall–Kier alpha value is -1.50. The van der Waals surface area contributed by atoms with Crippen LogP contribution in [0.2, 0.25) is 0 Å². The summed E-state index contributed by atoms with van der Waals surface area (Å²) in [5, 5.41) is 16.8. The molecule has 7 heteroatoms. The van der Waals surface area contributed by atoms with E-state index in [1.807, 2.05) is 4.90 Å². The molecule has 1 aliphatic rings. The van der Waals surface area contributed by atoms with Gasteiger partial charge in [0.1, 0.15) is 0 Å². The van der Waals surface area contributed by atoms with Crippen LogP contribution in [0, 0.1) is 0 Å². The van der Waals surface area contributed by atoms with Gasteiger partial charge in [0.25, 0.3) is 0 Å². The van der Waals surface area contributed by atoms with Crippen LogP contribution in [0.15, 0.2) is 0 Å². The van der Waals surface area contributed by atoms with Gasteiger partial charge in [-0.25, -0.2) is 0 Å². The Morgan fingerprint density at radius 3 is 3.13 bits per heavy atom. The number of hydrogen-bond acceptors (Lipinski definition) is 5. The van der Waals surface area contributed by atoms with Gasteiger partial charge in [-0.05, 0) is 0 Å². The zero-order chi connectivity index (χ0) is 10.5. The first-order valence-electron chi connectivity index (χ1n) is 5.07. The maximum Gasteiger partial charge on any atom is 0.223 e. The highest BCUT2D eigenvalue weighted by atomic mass is 16.2. The molecule has 7 nitrogen and oxygen atoms in total. The number of aromatic nitrogens is 4. The first-order chi connectivity index (χ1) is 7.36. The van der Waals surface area contributed by atoms with Crippen LogP contribution in [-0.2, 0) is 11.2 Å². The molecule has 0 bridgehead atoms. The smallest absolute Gasteiger partial charge is 0.223 e. The summed E-state index contributed by atoms with van der Waals surface area (Å²) in [6, 6.07) is 0. The number of nitrogens with one attached hydrogen (secondary N) is 2. The molecule has 82 valence electrons. The minimum atomic E-state index is 0.198. The molecule has 2 N–H and O–H groups in total. The molecule has 1 aromatic heterocycles. The van der Waals surface area contributed by atoms with Crippen LogP contribution in [-0.4, -0.2) is 57.6 Å². The Kier molecular flexibility index (Phi) is 3.23. The average molecular weight is 210 g/mol. The molecule has 1 fully saturated rings. The van der Waals surface area contributed by atoms with Gasteiger partial charge in [-0.15, -0.1) is 10.2 Å². The fraction of sp³-hybridized carbons (Fsp3) is 0.750. The summed E-state index contributed by atoms with van der Waals surface area (Å²) in [5.41, 5.74) is 0. The third kappa shape index (κ3) is 2.72. The zero-order valence-electron chi connectivity index (χ0n) is 8.44. The van der Waals surface area contributed by atoms with Gasteiger partial charge >= 0.3 is 0 Å². The highest BCUT2D eigenvalue weighted by molar-refractivity contribution is 5.76. The normalized spacial score (nSPS) is 17.9. The molecular weight excluding hydrogens is 196 g/mol. The number of carbonyl (C=O) groups excluding carboxylic acids is 1. The Bertz CT molecular complexity index is 311. The average Bonchev–Trinajstić information content (AvgIpc) is 2.67. The molecule has 1 saturated heterocycles. The van der Waals surface area contributed by atoms with Crippen molar-refractivity contribution >= 4 is 5.91 Å². The van der Waals surface area contributed by atoms with Crippen LogP contribution >= 0.6 is 0 Å². The molecule has 15 heavy (non-hydrogen) atoms. The van der Waals surface area contributed by atoms with Crippen molar-refractivity contribution in [3.8, 4) is 0 Å².